The fraction of sp³-hybridized carbons (Fsp3) is 0.383. The van der Waals surface area contributed by atoms with Gasteiger partial charge in [-0.3, -0.25) is 0 Å². The molecule has 0 fully saturated rings. The van der Waals surface area contributed by atoms with E-state index >= 15 is 0 Å². The number of fused-ring (bicyclic) bond motifs is 6. The molecule has 4 aliphatic rings. The Kier molecular flexibility index (Phi) is 35.6. The van der Waals surface area contributed by atoms with Crippen LogP contribution in [0, 0.1) is 56.4 Å². The Labute approximate surface area is 543 Å². The maximum absolute atomic E-state index is 6.82. The average molecular weight is 1210 g/mol. The molecule has 2 heterocycles. The molecule has 455 valence electrons. The third-order valence-electron chi connectivity index (χ3n) is 15.3. The van der Waals surface area contributed by atoms with Crippen LogP contribution in [0.25, 0.3) is 0 Å². The van der Waals surface area contributed by atoms with E-state index in [0.717, 1.165) is 24.3 Å². The second kappa shape index (κ2) is 37.1. The zero-order valence-corrected chi connectivity index (χ0v) is 56.7. The fourth-order valence-electron chi connectivity index (χ4n) is 12.2. The van der Waals surface area contributed by atoms with Crippen molar-refractivity contribution in [3.05, 3.63) is 287 Å². The molecule has 12 rings (SSSR count). The van der Waals surface area contributed by atoms with E-state index in [1.54, 1.807) is 22.3 Å². The van der Waals surface area contributed by atoms with Gasteiger partial charge in [-0.15, -0.1) is 0 Å². The van der Waals surface area contributed by atoms with Gasteiger partial charge in [0, 0.05) is 73.9 Å². The largest absolute Gasteiger partial charge is 0.452 e. The molecule has 2 aliphatic carbocycles. The number of aryl methyl sites for hydroxylation is 6. The van der Waals surface area contributed by atoms with Crippen molar-refractivity contribution >= 4 is 0 Å². The second-order valence-electron chi connectivity index (χ2n) is 22.1. The number of hydrogen-bond acceptors (Lipinski definition) is 2. The van der Waals surface area contributed by atoms with Gasteiger partial charge < -0.3 is 24.3 Å². The van der Waals surface area contributed by atoms with Gasteiger partial charge in [0.15, 0.2) is 0 Å². The van der Waals surface area contributed by atoms with Gasteiger partial charge in [0.1, 0.15) is 11.5 Å². The maximum atomic E-state index is 6.82. The summed E-state index contributed by atoms with van der Waals surface area (Å²) < 4.78 is 13.6. The number of hydrogen-bond donors (Lipinski definition) is 0. The molecule has 2 spiro atoms. The van der Waals surface area contributed by atoms with Gasteiger partial charge in [-0.05, 0) is 122 Å². The molecule has 8 aromatic rings. The Balaban J connectivity index is 0. The maximum Gasteiger partial charge on any atom is 0.253 e. The Morgan fingerprint density at radius 3 is 0.893 bits per heavy atom. The molecule has 0 bridgehead atoms. The molecule has 2 atom stereocenters. The smallest absolute Gasteiger partial charge is 0.253 e. The van der Waals surface area contributed by atoms with Crippen LogP contribution in [-0.2, 0) is 49.0 Å². The molecule has 3 heteroatoms. The summed E-state index contributed by atoms with van der Waals surface area (Å²) >= 11 is 0. The number of ether oxygens (including phenoxy) is 2. The summed E-state index contributed by atoms with van der Waals surface area (Å²) in [6, 6.07) is 69.5. The normalized spacial score (nSPS) is 16.9. The van der Waals surface area contributed by atoms with E-state index in [1.165, 1.54) is 68.5 Å². The molecule has 0 N–H and O–H groups in total. The van der Waals surface area contributed by atoms with Gasteiger partial charge in [0.05, 0.1) is 0 Å². The first-order chi connectivity index (χ1) is 37.5. The molecule has 0 aromatic heterocycles. The average Bonchev–Trinajstić information content (AvgIpc) is 4.02. The minimum Gasteiger partial charge on any atom is -0.452 e. The van der Waals surface area contributed by atoms with Gasteiger partial charge >= 0.3 is 0 Å². The first kappa shape index (κ1) is 80.5. The van der Waals surface area contributed by atoms with Crippen LogP contribution in [0.3, 0.4) is 0 Å². The molecule has 0 saturated heterocycles. The standard InChI is InChI=1S/C31H28O2.C23H28.2C7H8.4C2H6.3CH4.2CH3.Y/c1-21-13-15-25-27(23-9-5-3-6-10-23)19-31(32-29(25)17-21)20-28(24-11-7-4-8-12-24)26-16-14-22(2)18-30(26)33-31;1-15-7-9-17-19(11-15)23(13-21(17,3)4)14-22(5,6)18-10-8-16(2)12-20(18)23;2*1-7-5-3-2-4-6-7;4*1-2;;;;;;/h3-18,27-28H,19-20H2,1-2H3;7-12H,13-14H2,1-6H3;2*2-6H,1H3;4*1-2H3;3*1H4;2*1H3;/q;;;;;;;;;;;2*-1;. The molecular formula is C81H114O2Y-2. The van der Waals surface area contributed by atoms with Crippen molar-refractivity contribution in [2.75, 3.05) is 0 Å². The van der Waals surface area contributed by atoms with Crippen molar-refractivity contribution in [2.24, 2.45) is 0 Å². The molecule has 2 aliphatic heterocycles. The summed E-state index contributed by atoms with van der Waals surface area (Å²) in [6.07, 6.45) is 4.03. The summed E-state index contributed by atoms with van der Waals surface area (Å²) in [6.45, 7) is 38.6. The van der Waals surface area contributed by atoms with Crippen LogP contribution in [0.2, 0.25) is 0 Å². The van der Waals surface area contributed by atoms with Crippen LogP contribution in [0.5, 0.6) is 11.5 Å². The second-order valence-corrected chi connectivity index (χ2v) is 22.1. The van der Waals surface area contributed by atoms with Crippen LogP contribution in [0.1, 0.15) is 221 Å². The molecule has 2 nitrogen and oxygen atoms in total. The quantitative estimate of drug-likeness (QED) is 0.161. The molecular weight excluding hydrogens is 1090 g/mol. The monoisotopic (exact) mass is 1210 g/mol. The number of rotatable bonds is 2. The number of benzene rings is 8. The van der Waals surface area contributed by atoms with Crippen molar-refractivity contribution < 1.29 is 42.2 Å². The van der Waals surface area contributed by atoms with Gasteiger partial charge in [-0.1, -0.05) is 310 Å². The van der Waals surface area contributed by atoms with E-state index in [9.17, 15) is 0 Å². The van der Waals surface area contributed by atoms with Crippen LogP contribution in [0.15, 0.2) is 194 Å². The Morgan fingerprint density at radius 2 is 0.607 bits per heavy atom. The van der Waals surface area contributed by atoms with Gasteiger partial charge in [0.2, 0.25) is 0 Å². The Bertz CT molecular complexity index is 2850. The molecule has 8 aromatic carbocycles. The van der Waals surface area contributed by atoms with E-state index < -0.39 is 5.79 Å². The SMILES string of the molecule is C.C.C.CC.CC.CC.CC.Cc1ccc2c(c1)C1(CC2(C)C)CC(C)(C)c2ccc(C)cc21.Cc1ccc2c(c1)OC1(CC2c2ccccc2)CC(c2ccccc2)c2ccc(C)cc2O1.Cc1ccccc1.Cc1ccccc1.[CH3-].[CH3-].[Y]. The van der Waals surface area contributed by atoms with E-state index in [-0.39, 0.29) is 97.9 Å². The minimum atomic E-state index is -0.720. The fourth-order valence-corrected chi connectivity index (χ4v) is 12.2. The van der Waals surface area contributed by atoms with Crippen molar-refractivity contribution in [3.63, 3.8) is 0 Å². The van der Waals surface area contributed by atoms with Gasteiger partial charge in [0.25, 0.3) is 5.79 Å². The van der Waals surface area contributed by atoms with Gasteiger partial charge in [-0.25, -0.2) is 0 Å². The van der Waals surface area contributed by atoms with E-state index in [4.69, 9.17) is 9.47 Å². The Morgan fingerprint density at radius 1 is 0.333 bits per heavy atom. The topological polar surface area (TPSA) is 18.5 Å². The van der Waals surface area contributed by atoms with Crippen LogP contribution in [0.4, 0.5) is 0 Å². The van der Waals surface area contributed by atoms with E-state index in [1.807, 2.05) is 91.8 Å². The molecule has 2 unspecified atom stereocenters. The summed E-state index contributed by atoms with van der Waals surface area (Å²) in [4.78, 5) is 0. The first-order valence-electron chi connectivity index (χ1n) is 29.5. The molecule has 84 heavy (non-hydrogen) atoms. The Hall–Kier alpha value is -5.54. The van der Waals surface area contributed by atoms with E-state index in [2.05, 4.69) is 227 Å². The minimum absolute atomic E-state index is 0. The summed E-state index contributed by atoms with van der Waals surface area (Å²) in [5, 5.41) is 0. The first-order valence-corrected chi connectivity index (χ1v) is 29.5. The summed E-state index contributed by atoms with van der Waals surface area (Å²) in [5.74, 6) is 1.61. The zero-order chi connectivity index (χ0) is 57.3. The van der Waals surface area contributed by atoms with Crippen molar-refractivity contribution in [2.45, 2.75) is 206 Å². The van der Waals surface area contributed by atoms with Crippen molar-refractivity contribution in [1.82, 2.24) is 0 Å². The summed E-state index contributed by atoms with van der Waals surface area (Å²) in [5.41, 5.74) is 19.9. The predicted octanol–water partition coefficient (Wildman–Crippen LogP) is 24.4. The van der Waals surface area contributed by atoms with Gasteiger partial charge in [-0.2, -0.15) is 0 Å². The van der Waals surface area contributed by atoms with Crippen molar-refractivity contribution in [1.29, 1.82) is 0 Å². The zero-order valence-electron chi connectivity index (χ0n) is 53.9. The molecule has 1 radical (unpaired) electrons. The van der Waals surface area contributed by atoms with Crippen molar-refractivity contribution in [3.8, 4) is 11.5 Å². The van der Waals surface area contributed by atoms with E-state index in [0.29, 0.717) is 0 Å². The third kappa shape index (κ3) is 19.2. The van der Waals surface area contributed by atoms with Crippen LogP contribution < -0.4 is 9.47 Å². The van der Waals surface area contributed by atoms with Crippen LogP contribution in [-0.4, -0.2) is 5.79 Å². The predicted molar refractivity (Wildman–Crippen MR) is 371 cm³/mol. The molecule has 0 amide bonds. The molecule has 0 saturated carbocycles. The van der Waals surface area contributed by atoms with Crippen LogP contribution >= 0.6 is 0 Å². The summed E-state index contributed by atoms with van der Waals surface area (Å²) in [7, 11) is 0. The third-order valence-corrected chi connectivity index (χ3v) is 15.3.